The fourth-order valence-corrected chi connectivity index (χ4v) is 4.13. The number of nitrogens with one attached hydrogen (secondary N) is 1. The average Bonchev–Trinajstić information content (AvgIpc) is 3.07. The normalized spacial score (nSPS) is 17.4. The lowest BCUT2D eigenvalue weighted by Gasteiger charge is -2.29. The Kier molecular flexibility index (Phi) is 8.06. The van der Waals surface area contributed by atoms with E-state index in [1.807, 2.05) is 21.0 Å². The summed E-state index contributed by atoms with van der Waals surface area (Å²) in [5.74, 6) is -0.753. The second-order valence-electron chi connectivity index (χ2n) is 8.12. The molecule has 0 radical (unpaired) electrons. The molecular formula is C25H29ClN2O6. The Labute approximate surface area is 204 Å². The predicted octanol–water partition coefficient (Wildman–Crippen LogP) is 1.12. The molecular weight excluding hydrogens is 460 g/mol. The van der Waals surface area contributed by atoms with Crippen LogP contribution in [0.25, 0.3) is 5.76 Å². The molecule has 0 spiro atoms. The monoisotopic (exact) mass is 488 g/mol. The van der Waals surface area contributed by atoms with Crippen LogP contribution in [0.4, 0.5) is 0 Å². The number of likely N-dealkylation sites (tertiary alicyclic amines) is 1. The van der Waals surface area contributed by atoms with Gasteiger partial charge in [0.1, 0.15) is 17.2 Å². The van der Waals surface area contributed by atoms with E-state index < -0.39 is 23.5 Å². The van der Waals surface area contributed by atoms with E-state index >= 15 is 0 Å². The molecule has 2 aromatic carbocycles. The molecule has 1 amide bonds. The van der Waals surface area contributed by atoms with Crippen LogP contribution in [0.1, 0.15) is 24.1 Å². The quantitative estimate of drug-likeness (QED) is 0.323. The van der Waals surface area contributed by atoms with E-state index in [1.165, 1.54) is 31.3 Å². The summed E-state index contributed by atoms with van der Waals surface area (Å²) >= 11 is 6.29. The van der Waals surface area contributed by atoms with Gasteiger partial charge in [0.2, 0.25) is 5.78 Å². The zero-order valence-corrected chi connectivity index (χ0v) is 20.7. The lowest BCUT2D eigenvalue weighted by atomic mass is 9.94. The van der Waals surface area contributed by atoms with E-state index in [-0.39, 0.29) is 22.7 Å². The van der Waals surface area contributed by atoms with Crippen LogP contribution >= 0.6 is 11.6 Å². The third-order valence-corrected chi connectivity index (χ3v) is 5.90. The Morgan fingerprint density at radius 1 is 1.09 bits per heavy atom. The molecule has 0 saturated carbocycles. The van der Waals surface area contributed by atoms with Crippen LogP contribution in [0.3, 0.4) is 0 Å². The third-order valence-electron chi connectivity index (χ3n) is 5.61. The maximum atomic E-state index is 13.6. The molecule has 0 aliphatic carbocycles. The van der Waals surface area contributed by atoms with Crippen LogP contribution in [0.5, 0.6) is 17.2 Å². The maximum Gasteiger partial charge on any atom is 0.295 e. The van der Waals surface area contributed by atoms with Gasteiger partial charge >= 0.3 is 0 Å². The van der Waals surface area contributed by atoms with E-state index in [0.717, 1.165) is 4.90 Å². The molecule has 8 nitrogen and oxygen atoms in total. The number of ether oxygens (including phenoxy) is 3. The first kappa shape index (κ1) is 25.4. The number of rotatable bonds is 9. The smallest absolute Gasteiger partial charge is 0.295 e. The minimum atomic E-state index is -0.928. The van der Waals surface area contributed by atoms with E-state index in [9.17, 15) is 14.7 Å². The standard InChI is InChI=1S/C25H29ClN2O6/c1-6-34-20-9-7-15(13-18(20)26)23(29)21-22(17-14-16(32-4)8-10-19(17)33-5)28(12-11-27(2)3)25(31)24(21)30/h7-10,13-14,22,29H,6,11-12H2,1-5H3. The van der Waals surface area contributed by atoms with E-state index in [1.54, 1.807) is 24.3 Å². The summed E-state index contributed by atoms with van der Waals surface area (Å²) in [6.45, 7) is 3.10. The van der Waals surface area contributed by atoms with E-state index in [0.29, 0.717) is 36.0 Å². The van der Waals surface area contributed by atoms with Crippen LogP contribution in [-0.4, -0.2) is 64.6 Å². The highest BCUT2D eigenvalue weighted by Gasteiger charge is 2.45. The number of amides is 1. The number of ketones is 1. The van der Waals surface area contributed by atoms with Gasteiger partial charge < -0.3 is 29.1 Å². The molecule has 1 aliphatic heterocycles. The first-order valence-electron chi connectivity index (χ1n) is 10.9. The first-order chi connectivity index (χ1) is 16.2. The fourth-order valence-electron chi connectivity index (χ4n) is 3.89. The van der Waals surface area contributed by atoms with Gasteiger partial charge in [-0.05, 0) is 42.8 Å². The van der Waals surface area contributed by atoms with Crippen LogP contribution in [0.15, 0.2) is 42.0 Å². The van der Waals surface area contributed by atoms with Gasteiger partial charge in [-0.25, -0.2) is 0 Å². The number of hydrogen-bond acceptors (Lipinski definition) is 6. The molecule has 182 valence electrons. The summed E-state index contributed by atoms with van der Waals surface area (Å²) in [7, 11) is 6.90. The van der Waals surface area contributed by atoms with Crippen LogP contribution in [-0.2, 0) is 9.59 Å². The number of halogens is 1. The molecule has 0 aromatic heterocycles. The summed E-state index contributed by atoms with van der Waals surface area (Å²) in [6, 6.07) is 8.72. The molecule has 1 atom stereocenters. The molecule has 1 fully saturated rings. The number of likely N-dealkylation sites (N-methyl/N-ethyl adjacent to an activating group) is 1. The molecule has 1 heterocycles. The van der Waals surface area contributed by atoms with Crippen molar-refractivity contribution in [1.29, 1.82) is 0 Å². The lowest BCUT2D eigenvalue weighted by Crippen LogP contribution is -3.06. The highest BCUT2D eigenvalue weighted by molar-refractivity contribution is 6.46. The van der Waals surface area contributed by atoms with Crippen molar-refractivity contribution in [1.82, 2.24) is 4.90 Å². The SMILES string of the molecule is CCOc1ccc(C([O-])=C2C(=O)C(=O)N(CC[NH+](C)C)C2c2cc(OC)ccc2OC)cc1Cl. The largest absolute Gasteiger partial charge is 0.872 e. The van der Waals surface area contributed by atoms with Gasteiger partial charge in [0, 0.05) is 11.1 Å². The number of Topliss-reactive ketones (excluding diaryl/α,β-unsaturated/α-hetero) is 1. The molecule has 2 aromatic rings. The number of methoxy groups -OCH3 is 2. The highest BCUT2D eigenvalue weighted by Crippen LogP contribution is 2.43. The van der Waals surface area contributed by atoms with Gasteiger partial charge in [-0.2, -0.15) is 0 Å². The Morgan fingerprint density at radius 3 is 2.38 bits per heavy atom. The molecule has 0 bridgehead atoms. The Bertz CT molecular complexity index is 1110. The number of nitrogens with zero attached hydrogens (tertiary/aromatic N) is 1. The van der Waals surface area contributed by atoms with Crippen molar-refractivity contribution in [3.63, 3.8) is 0 Å². The van der Waals surface area contributed by atoms with Crippen LogP contribution in [0.2, 0.25) is 5.02 Å². The summed E-state index contributed by atoms with van der Waals surface area (Å²) in [4.78, 5) is 28.8. The molecule has 1 unspecified atom stereocenters. The number of benzene rings is 2. The van der Waals surface area contributed by atoms with Gasteiger partial charge in [-0.1, -0.05) is 23.4 Å². The predicted molar refractivity (Wildman–Crippen MR) is 126 cm³/mol. The Hall–Kier alpha value is -3.23. The van der Waals surface area contributed by atoms with Crippen molar-refractivity contribution in [2.45, 2.75) is 13.0 Å². The minimum absolute atomic E-state index is 0.148. The van der Waals surface area contributed by atoms with Crippen molar-refractivity contribution >= 4 is 29.1 Å². The van der Waals surface area contributed by atoms with Gasteiger partial charge in [0.05, 0.1) is 59.1 Å². The molecule has 9 heteroatoms. The van der Waals surface area contributed by atoms with Crippen molar-refractivity contribution in [3.8, 4) is 17.2 Å². The summed E-state index contributed by atoms with van der Waals surface area (Å²) in [5, 5.41) is 13.9. The number of carbonyl (C=O) groups is 2. The second kappa shape index (κ2) is 10.8. The Balaban J connectivity index is 2.22. The summed E-state index contributed by atoms with van der Waals surface area (Å²) < 4.78 is 16.3. The van der Waals surface area contributed by atoms with Gasteiger partial charge in [0.25, 0.3) is 5.91 Å². The minimum Gasteiger partial charge on any atom is -0.872 e. The number of carbonyl (C=O) groups excluding carboxylic acids is 2. The maximum absolute atomic E-state index is 13.6. The molecule has 1 N–H and O–H groups in total. The van der Waals surface area contributed by atoms with E-state index in [4.69, 9.17) is 25.8 Å². The zero-order chi connectivity index (χ0) is 25.0. The fraction of sp³-hybridized carbons (Fsp3) is 0.360. The summed E-state index contributed by atoms with van der Waals surface area (Å²) in [6.07, 6.45) is 0. The lowest BCUT2D eigenvalue weighted by molar-refractivity contribution is -0.857. The molecule has 34 heavy (non-hydrogen) atoms. The first-order valence-corrected chi connectivity index (χ1v) is 11.3. The molecule has 1 aliphatic rings. The van der Waals surface area contributed by atoms with Gasteiger partial charge in [0.15, 0.2) is 0 Å². The van der Waals surface area contributed by atoms with Gasteiger partial charge in [-0.15, -0.1) is 0 Å². The topological polar surface area (TPSA) is 92.6 Å². The molecule has 1 saturated heterocycles. The number of hydrogen-bond donors (Lipinski definition) is 1. The third kappa shape index (κ3) is 4.98. The Morgan fingerprint density at radius 2 is 1.79 bits per heavy atom. The van der Waals surface area contributed by atoms with Crippen LogP contribution in [0, 0.1) is 0 Å². The van der Waals surface area contributed by atoms with Crippen molar-refractivity contribution in [2.24, 2.45) is 0 Å². The van der Waals surface area contributed by atoms with Gasteiger partial charge in [-0.3, -0.25) is 9.59 Å². The van der Waals surface area contributed by atoms with Crippen molar-refractivity contribution in [3.05, 3.63) is 58.1 Å². The van der Waals surface area contributed by atoms with Crippen molar-refractivity contribution < 1.29 is 33.8 Å². The van der Waals surface area contributed by atoms with Crippen LogP contribution < -0.4 is 24.2 Å². The molecule has 3 rings (SSSR count). The zero-order valence-electron chi connectivity index (χ0n) is 19.9. The second-order valence-corrected chi connectivity index (χ2v) is 8.52. The van der Waals surface area contributed by atoms with E-state index in [2.05, 4.69) is 0 Å². The average molecular weight is 489 g/mol. The number of quaternary nitrogens is 1. The highest BCUT2D eigenvalue weighted by atomic mass is 35.5. The summed E-state index contributed by atoms with van der Waals surface area (Å²) in [5.41, 5.74) is 0.539. The van der Waals surface area contributed by atoms with Crippen molar-refractivity contribution in [2.75, 3.05) is 48.0 Å².